The van der Waals surface area contributed by atoms with E-state index >= 15 is 0 Å². The summed E-state index contributed by atoms with van der Waals surface area (Å²) in [5.41, 5.74) is 0. The van der Waals surface area contributed by atoms with Gasteiger partial charge in [0.2, 0.25) is 0 Å². The highest BCUT2D eigenvalue weighted by molar-refractivity contribution is 5.72. The minimum Gasteiger partial charge on any atom is -0.455 e. The van der Waals surface area contributed by atoms with Crippen molar-refractivity contribution >= 4 is 5.97 Å². The van der Waals surface area contributed by atoms with Gasteiger partial charge < -0.3 is 4.74 Å². The lowest BCUT2D eigenvalue weighted by atomic mass is 10.2. The lowest BCUT2D eigenvalue weighted by Gasteiger charge is -2.27. The molecule has 0 aliphatic carbocycles. The summed E-state index contributed by atoms with van der Waals surface area (Å²) in [6.45, 7) is -2.80. The third-order valence-electron chi connectivity index (χ3n) is 1.39. The molecule has 0 aliphatic rings. The van der Waals surface area contributed by atoms with Crippen molar-refractivity contribution in [1.29, 1.82) is 0 Å². The second-order valence-corrected chi connectivity index (χ2v) is 2.69. The Balaban J connectivity index is 4.75. The van der Waals surface area contributed by atoms with Crippen LogP contribution in [0.2, 0.25) is 0 Å². The average Bonchev–Trinajstić information content (AvgIpc) is 2.11. The van der Waals surface area contributed by atoms with Gasteiger partial charge in [-0.3, -0.25) is 0 Å². The third-order valence-corrected chi connectivity index (χ3v) is 1.39. The molecule has 0 aromatic rings. The van der Waals surface area contributed by atoms with Gasteiger partial charge in [-0.15, -0.1) is 0 Å². The van der Waals surface area contributed by atoms with Crippen molar-refractivity contribution in [3.05, 3.63) is 0 Å². The first-order chi connectivity index (χ1) is 7.33. The van der Waals surface area contributed by atoms with E-state index in [0.717, 1.165) is 0 Å². The van der Waals surface area contributed by atoms with E-state index in [1.165, 1.54) is 0 Å². The largest absolute Gasteiger partial charge is 0.460 e. The Kier molecular flexibility index (Phi) is 4.29. The molecule has 0 spiro atoms. The molecule has 0 saturated carbocycles. The van der Waals surface area contributed by atoms with Crippen LogP contribution in [0.5, 0.6) is 0 Å². The van der Waals surface area contributed by atoms with Gasteiger partial charge in [0.15, 0.2) is 6.61 Å². The van der Waals surface area contributed by atoms with E-state index in [1.54, 1.807) is 0 Å². The minimum absolute atomic E-state index is 2.62. The Bertz CT molecular complexity index is 282. The summed E-state index contributed by atoms with van der Waals surface area (Å²) in [6, 6.07) is 0. The number of rotatable bonds is 4. The molecular weight excluding hydrogens is 275 g/mol. The topological polar surface area (TPSA) is 26.3 Å². The van der Waals surface area contributed by atoms with Crippen molar-refractivity contribution in [3.63, 3.8) is 0 Å². The predicted octanol–water partition coefficient (Wildman–Crippen LogP) is 2.63. The number of halogens is 9. The van der Waals surface area contributed by atoms with Crippen LogP contribution in [0.15, 0.2) is 0 Å². The summed E-state index contributed by atoms with van der Waals surface area (Å²) in [4.78, 5) is 9.93. The molecular formula is C6H3F9O2. The zero-order chi connectivity index (χ0) is 14.1. The molecule has 0 rings (SSSR count). The van der Waals surface area contributed by atoms with Crippen LogP contribution in [0, 0.1) is 0 Å². The summed E-state index contributed by atoms with van der Waals surface area (Å²) < 4.78 is 109. The van der Waals surface area contributed by atoms with E-state index in [9.17, 15) is 44.3 Å². The van der Waals surface area contributed by atoms with E-state index in [4.69, 9.17) is 0 Å². The quantitative estimate of drug-likeness (QED) is 0.583. The zero-order valence-electron chi connectivity index (χ0n) is 7.50. The number of esters is 1. The summed E-state index contributed by atoms with van der Waals surface area (Å²) in [5.74, 6) is -15.0. The van der Waals surface area contributed by atoms with Crippen LogP contribution in [0.1, 0.15) is 0 Å². The van der Waals surface area contributed by atoms with Crippen molar-refractivity contribution in [1.82, 2.24) is 0 Å². The predicted molar refractivity (Wildman–Crippen MR) is 32.9 cm³/mol. The number of hydrogen-bond donors (Lipinski definition) is 0. The fourth-order valence-electron chi connectivity index (χ4n) is 0.523. The molecule has 0 atom stereocenters. The Morgan fingerprint density at radius 1 is 1.00 bits per heavy atom. The van der Waals surface area contributed by atoms with Crippen molar-refractivity contribution in [2.45, 2.75) is 24.4 Å². The first-order valence-electron chi connectivity index (χ1n) is 3.60. The summed E-state index contributed by atoms with van der Waals surface area (Å²) in [5, 5.41) is 0. The molecule has 0 aliphatic heterocycles. The fourth-order valence-corrected chi connectivity index (χ4v) is 0.523. The molecule has 102 valence electrons. The van der Waals surface area contributed by atoms with Crippen LogP contribution in [0.25, 0.3) is 0 Å². The number of hydrogen-bond acceptors (Lipinski definition) is 2. The molecule has 0 fully saturated rings. The molecule has 17 heavy (non-hydrogen) atoms. The van der Waals surface area contributed by atoms with E-state index in [1.807, 2.05) is 0 Å². The monoisotopic (exact) mass is 278 g/mol. The summed E-state index contributed by atoms with van der Waals surface area (Å²) in [7, 11) is 0. The van der Waals surface area contributed by atoms with Crippen LogP contribution in [-0.2, 0) is 9.53 Å². The van der Waals surface area contributed by atoms with E-state index < -0.39 is 37.0 Å². The number of carbonyl (C=O) groups is 1. The minimum atomic E-state index is -6.60. The highest BCUT2D eigenvalue weighted by atomic mass is 19.4. The molecule has 0 N–H and O–H groups in total. The molecule has 0 unspecified atom stereocenters. The molecule has 0 aromatic carbocycles. The van der Waals surface area contributed by atoms with Gasteiger partial charge in [-0.2, -0.15) is 39.5 Å². The molecule has 11 heteroatoms. The first-order valence-corrected chi connectivity index (χ1v) is 3.60. The lowest BCUT2D eigenvalue weighted by molar-refractivity contribution is -0.360. The normalized spacial score (nSPS) is 14.0. The molecule has 0 amide bonds. The van der Waals surface area contributed by atoms with Crippen LogP contribution in [-0.4, -0.2) is 37.0 Å². The van der Waals surface area contributed by atoms with Crippen molar-refractivity contribution in [2.24, 2.45) is 0 Å². The van der Waals surface area contributed by atoms with Gasteiger partial charge in [0.1, 0.15) is 0 Å². The Hall–Kier alpha value is -1.16. The van der Waals surface area contributed by atoms with Crippen LogP contribution in [0.3, 0.4) is 0 Å². The summed E-state index contributed by atoms with van der Waals surface area (Å²) in [6.07, 6.45) is -10.5. The van der Waals surface area contributed by atoms with E-state index in [-0.39, 0.29) is 0 Å². The molecule has 2 nitrogen and oxygen atoms in total. The van der Waals surface area contributed by atoms with Crippen LogP contribution < -0.4 is 0 Å². The molecule has 0 saturated heterocycles. The van der Waals surface area contributed by atoms with Gasteiger partial charge >= 0.3 is 30.4 Å². The van der Waals surface area contributed by atoms with Crippen LogP contribution >= 0.6 is 0 Å². The highest BCUT2D eigenvalue weighted by Gasteiger charge is 2.73. The molecule has 0 aromatic heterocycles. The SMILES string of the molecule is O=C(OCC(F)(F)C(F)(F)C(F)(F)F)C(F)F. The molecule has 0 heterocycles. The van der Waals surface area contributed by atoms with Gasteiger partial charge in [-0.1, -0.05) is 0 Å². The number of ether oxygens (including phenoxy) is 1. The standard InChI is InChI=1S/C6H3F9O2/c7-2(8)3(16)17-1-4(9,10)5(11,12)6(13,14)15/h2H,1H2. The maximum Gasteiger partial charge on any atom is 0.460 e. The van der Waals surface area contributed by atoms with Crippen molar-refractivity contribution in [3.8, 4) is 0 Å². The van der Waals surface area contributed by atoms with Gasteiger partial charge in [-0.25, -0.2) is 4.79 Å². The highest BCUT2D eigenvalue weighted by Crippen LogP contribution is 2.46. The van der Waals surface area contributed by atoms with Gasteiger partial charge in [0.25, 0.3) is 0 Å². The Morgan fingerprint density at radius 3 is 1.71 bits per heavy atom. The Morgan fingerprint density at radius 2 is 1.41 bits per heavy atom. The third kappa shape index (κ3) is 3.40. The fraction of sp³-hybridized carbons (Fsp3) is 0.833. The van der Waals surface area contributed by atoms with Crippen molar-refractivity contribution in [2.75, 3.05) is 6.61 Å². The summed E-state index contributed by atoms with van der Waals surface area (Å²) >= 11 is 0. The number of alkyl halides is 9. The second kappa shape index (κ2) is 4.61. The molecule has 0 bridgehead atoms. The smallest absolute Gasteiger partial charge is 0.455 e. The Labute approximate surface area is 87.3 Å². The average molecular weight is 278 g/mol. The van der Waals surface area contributed by atoms with Crippen LogP contribution in [0.4, 0.5) is 39.5 Å². The zero-order valence-corrected chi connectivity index (χ0v) is 7.50. The van der Waals surface area contributed by atoms with Gasteiger partial charge in [0, 0.05) is 0 Å². The van der Waals surface area contributed by atoms with Crippen molar-refractivity contribution < 1.29 is 49.0 Å². The van der Waals surface area contributed by atoms with Gasteiger partial charge in [-0.05, 0) is 0 Å². The first kappa shape index (κ1) is 15.8. The lowest BCUT2D eigenvalue weighted by Crippen LogP contribution is -2.54. The van der Waals surface area contributed by atoms with E-state index in [2.05, 4.69) is 4.74 Å². The maximum absolute atomic E-state index is 12.3. The maximum atomic E-state index is 12.3. The second-order valence-electron chi connectivity index (χ2n) is 2.69. The molecule has 0 radical (unpaired) electrons. The van der Waals surface area contributed by atoms with E-state index in [0.29, 0.717) is 0 Å². The number of carbonyl (C=O) groups excluding carboxylic acids is 1. The van der Waals surface area contributed by atoms with Gasteiger partial charge in [0.05, 0.1) is 0 Å².